The van der Waals surface area contributed by atoms with Crippen molar-refractivity contribution < 1.29 is 4.74 Å². The number of nitrogens with zero attached hydrogens (tertiary/aromatic N) is 2. The third-order valence-electron chi connectivity index (χ3n) is 2.41. The van der Waals surface area contributed by atoms with E-state index < -0.39 is 0 Å². The van der Waals surface area contributed by atoms with Gasteiger partial charge in [0, 0.05) is 24.5 Å². The minimum absolute atomic E-state index is 0.357. The fourth-order valence-corrected chi connectivity index (χ4v) is 1.59. The van der Waals surface area contributed by atoms with Crippen LogP contribution in [0.3, 0.4) is 0 Å². The molecule has 0 spiro atoms. The summed E-state index contributed by atoms with van der Waals surface area (Å²) in [7, 11) is 0. The maximum atomic E-state index is 8.98. The van der Waals surface area contributed by atoms with Gasteiger partial charge in [-0.3, -0.25) is 0 Å². The average molecular weight is 254 g/mol. The van der Waals surface area contributed by atoms with Crippen molar-refractivity contribution in [3.63, 3.8) is 0 Å². The number of nitrogens with one attached hydrogen (secondary N) is 1. The highest BCUT2D eigenvalue weighted by molar-refractivity contribution is 5.65. The van der Waals surface area contributed by atoms with Crippen molar-refractivity contribution in [3.05, 3.63) is 48.3 Å². The molecule has 0 unspecified atom stereocenters. The zero-order valence-corrected chi connectivity index (χ0v) is 10.3. The molecule has 0 radical (unpaired) electrons. The van der Waals surface area contributed by atoms with Gasteiger partial charge in [-0.05, 0) is 24.3 Å². The Balaban J connectivity index is 2.17. The lowest BCUT2D eigenvalue weighted by Gasteiger charge is -2.09. The number of anilines is 2. The third kappa shape index (κ3) is 3.44. The average Bonchev–Trinajstić information content (AvgIpc) is 2.46. The zero-order chi connectivity index (χ0) is 13.5. The lowest BCUT2D eigenvalue weighted by molar-refractivity contribution is 0.328. The van der Waals surface area contributed by atoms with Crippen molar-refractivity contribution >= 4 is 11.4 Å². The Bertz CT molecular complexity index is 592. The van der Waals surface area contributed by atoms with Crippen LogP contribution >= 0.6 is 0 Å². The molecule has 5 heteroatoms. The number of rotatable bonds is 5. The van der Waals surface area contributed by atoms with Crippen LogP contribution < -0.4 is 15.8 Å². The number of nitriles is 1. The standard InChI is InChI=1S/C14H14N4O/c15-6-8-19-12-4-1-3-11(9-12)18-13-5-2-7-17-14(13)10-16/h1-5,7,9,18H,6,8,15H2. The van der Waals surface area contributed by atoms with E-state index in [9.17, 15) is 0 Å². The first-order chi connectivity index (χ1) is 9.33. The topological polar surface area (TPSA) is 84.0 Å². The smallest absolute Gasteiger partial charge is 0.163 e. The highest BCUT2D eigenvalue weighted by Crippen LogP contribution is 2.22. The van der Waals surface area contributed by atoms with Gasteiger partial charge in [0.05, 0.1) is 5.69 Å². The van der Waals surface area contributed by atoms with Gasteiger partial charge in [-0.2, -0.15) is 5.26 Å². The molecule has 2 aromatic rings. The maximum absolute atomic E-state index is 8.98. The van der Waals surface area contributed by atoms with Crippen LogP contribution in [0.25, 0.3) is 0 Å². The van der Waals surface area contributed by atoms with Crippen LogP contribution in [0.1, 0.15) is 5.69 Å². The van der Waals surface area contributed by atoms with Crippen molar-refractivity contribution in [2.75, 3.05) is 18.5 Å². The third-order valence-corrected chi connectivity index (χ3v) is 2.41. The van der Waals surface area contributed by atoms with E-state index >= 15 is 0 Å². The number of nitrogens with two attached hydrogens (primary N) is 1. The molecule has 1 aromatic carbocycles. The largest absolute Gasteiger partial charge is 0.492 e. The summed E-state index contributed by atoms with van der Waals surface area (Å²) in [6.07, 6.45) is 1.59. The van der Waals surface area contributed by atoms with Gasteiger partial charge in [0.15, 0.2) is 5.69 Å². The zero-order valence-electron chi connectivity index (χ0n) is 10.3. The minimum Gasteiger partial charge on any atom is -0.492 e. The summed E-state index contributed by atoms with van der Waals surface area (Å²) in [6.45, 7) is 0.943. The molecular formula is C14H14N4O. The Morgan fingerprint density at radius 1 is 1.32 bits per heavy atom. The molecule has 0 saturated heterocycles. The maximum Gasteiger partial charge on any atom is 0.163 e. The van der Waals surface area contributed by atoms with Crippen molar-refractivity contribution in [3.8, 4) is 11.8 Å². The Labute approximate surface area is 111 Å². The summed E-state index contributed by atoms with van der Waals surface area (Å²) in [4.78, 5) is 3.99. The molecular weight excluding hydrogens is 240 g/mol. The van der Waals surface area contributed by atoms with E-state index in [4.69, 9.17) is 15.7 Å². The van der Waals surface area contributed by atoms with Gasteiger partial charge in [0.2, 0.25) is 0 Å². The van der Waals surface area contributed by atoms with E-state index in [-0.39, 0.29) is 0 Å². The Morgan fingerprint density at radius 3 is 3.00 bits per heavy atom. The number of ether oxygens (including phenoxy) is 1. The van der Waals surface area contributed by atoms with E-state index in [1.54, 1.807) is 18.3 Å². The molecule has 1 heterocycles. The lowest BCUT2D eigenvalue weighted by Crippen LogP contribution is -2.10. The molecule has 96 valence electrons. The van der Waals surface area contributed by atoms with Gasteiger partial charge in [-0.15, -0.1) is 0 Å². The number of pyridine rings is 1. The summed E-state index contributed by atoms with van der Waals surface area (Å²) < 4.78 is 5.44. The SMILES string of the molecule is N#Cc1ncccc1Nc1cccc(OCCN)c1. The normalized spacial score (nSPS) is 9.68. The van der Waals surface area contributed by atoms with Crippen LogP contribution in [0.4, 0.5) is 11.4 Å². The second kappa shape index (κ2) is 6.38. The molecule has 0 atom stereocenters. The number of aromatic nitrogens is 1. The molecule has 0 fully saturated rings. The highest BCUT2D eigenvalue weighted by Gasteiger charge is 2.03. The first-order valence-electron chi connectivity index (χ1n) is 5.88. The summed E-state index contributed by atoms with van der Waals surface area (Å²) >= 11 is 0. The Hall–Kier alpha value is -2.58. The molecule has 0 saturated carbocycles. The van der Waals surface area contributed by atoms with Crippen molar-refractivity contribution in [2.24, 2.45) is 5.73 Å². The number of benzene rings is 1. The monoisotopic (exact) mass is 254 g/mol. The molecule has 1 aromatic heterocycles. The molecule has 2 rings (SSSR count). The molecule has 0 amide bonds. The van der Waals surface area contributed by atoms with Crippen molar-refractivity contribution in [2.45, 2.75) is 0 Å². The van der Waals surface area contributed by atoms with Gasteiger partial charge in [-0.25, -0.2) is 4.98 Å². The summed E-state index contributed by atoms with van der Waals surface area (Å²) in [5.74, 6) is 0.734. The predicted octanol–water partition coefficient (Wildman–Crippen LogP) is 2.03. The minimum atomic E-state index is 0.357. The van der Waals surface area contributed by atoms with Crippen LogP contribution in [-0.2, 0) is 0 Å². The molecule has 19 heavy (non-hydrogen) atoms. The highest BCUT2D eigenvalue weighted by atomic mass is 16.5. The second-order valence-corrected chi connectivity index (χ2v) is 3.80. The van der Waals surface area contributed by atoms with E-state index in [0.29, 0.717) is 24.5 Å². The molecule has 0 bridgehead atoms. The van der Waals surface area contributed by atoms with E-state index in [2.05, 4.69) is 10.3 Å². The van der Waals surface area contributed by atoms with Crippen molar-refractivity contribution in [1.29, 1.82) is 5.26 Å². The Morgan fingerprint density at radius 2 is 2.21 bits per heavy atom. The quantitative estimate of drug-likeness (QED) is 0.853. The fraction of sp³-hybridized carbons (Fsp3) is 0.143. The van der Waals surface area contributed by atoms with Gasteiger partial charge in [0.1, 0.15) is 18.4 Å². The molecule has 0 aliphatic rings. The number of hydrogen-bond donors (Lipinski definition) is 2. The van der Waals surface area contributed by atoms with Gasteiger partial charge in [-0.1, -0.05) is 6.07 Å². The first kappa shape index (κ1) is 12.9. The van der Waals surface area contributed by atoms with Crippen LogP contribution in [0.5, 0.6) is 5.75 Å². The Kier molecular flexibility index (Phi) is 4.32. The molecule has 0 aliphatic carbocycles. The summed E-state index contributed by atoms with van der Waals surface area (Å²) in [5.41, 5.74) is 7.25. The van der Waals surface area contributed by atoms with Gasteiger partial charge in [0.25, 0.3) is 0 Å². The van der Waals surface area contributed by atoms with Crippen LogP contribution in [-0.4, -0.2) is 18.1 Å². The van der Waals surface area contributed by atoms with Crippen LogP contribution in [0, 0.1) is 11.3 Å². The summed E-state index contributed by atoms with van der Waals surface area (Å²) in [5, 5.41) is 12.1. The molecule has 0 aliphatic heterocycles. The first-order valence-corrected chi connectivity index (χ1v) is 5.88. The molecule has 5 nitrogen and oxygen atoms in total. The number of hydrogen-bond acceptors (Lipinski definition) is 5. The van der Waals surface area contributed by atoms with Crippen LogP contribution in [0.15, 0.2) is 42.6 Å². The van der Waals surface area contributed by atoms with Crippen molar-refractivity contribution in [1.82, 2.24) is 4.98 Å². The van der Waals surface area contributed by atoms with Gasteiger partial charge < -0.3 is 15.8 Å². The second-order valence-electron chi connectivity index (χ2n) is 3.80. The van der Waals surface area contributed by atoms with Crippen LogP contribution in [0.2, 0.25) is 0 Å². The fourth-order valence-electron chi connectivity index (χ4n) is 1.59. The van der Waals surface area contributed by atoms with E-state index in [1.165, 1.54) is 0 Å². The van der Waals surface area contributed by atoms with Gasteiger partial charge >= 0.3 is 0 Å². The predicted molar refractivity (Wildman–Crippen MR) is 73.2 cm³/mol. The van der Waals surface area contributed by atoms with E-state index in [1.807, 2.05) is 30.3 Å². The summed E-state index contributed by atoms with van der Waals surface area (Å²) in [6, 6.07) is 13.1. The van der Waals surface area contributed by atoms with E-state index in [0.717, 1.165) is 11.4 Å². The lowest BCUT2D eigenvalue weighted by atomic mass is 10.2. The molecule has 3 N–H and O–H groups in total.